The number of hydrogen-bond donors (Lipinski definition) is 0. The topological polar surface area (TPSA) is 46.6 Å². The Morgan fingerprint density at radius 2 is 1.85 bits per heavy atom. The number of hydrogen-bond acceptors (Lipinski definition) is 4. The van der Waals surface area contributed by atoms with E-state index >= 15 is 0 Å². The number of allylic oxidation sites excluding steroid dienone is 4. The Balaban J connectivity index is 1.62. The first-order valence-corrected chi connectivity index (χ1v) is 12.6. The first-order valence-electron chi connectivity index (χ1n) is 12.6. The van der Waals surface area contributed by atoms with Crippen molar-refractivity contribution in [2.45, 2.75) is 57.8 Å². The van der Waals surface area contributed by atoms with Gasteiger partial charge in [-0.2, -0.15) is 0 Å². The minimum Gasteiger partial charge on any atom is -0.378 e. The van der Waals surface area contributed by atoms with Gasteiger partial charge in [0.2, 0.25) is 0 Å². The molecule has 4 aliphatic carbocycles. The van der Waals surface area contributed by atoms with Gasteiger partial charge in [-0.3, -0.25) is 9.59 Å². The molecule has 4 nitrogen and oxygen atoms in total. The average Bonchev–Trinajstić information content (AvgIpc) is 3.15. The highest BCUT2D eigenvalue weighted by Gasteiger charge is 2.58. The van der Waals surface area contributed by atoms with E-state index in [0.29, 0.717) is 24.2 Å². The molecule has 176 valence electrons. The number of rotatable bonds is 5. The molecule has 0 heterocycles. The smallest absolute Gasteiger partial charge is 0.162 e. The first kappa shape index (κ1) is 22.6. The molecule has 0 aliphatic heterocycles. The van der Waals surface area contributed by atoms with Crippen LogP contribution in [0.5, 0.6) is 0 Å². The number of anilines is 1. The second kappa shape index (κ2) is 8.54. The fourth-order valence-electron chi connectivity index (χ4n) is 7.73. The van der Waals surface area contributed by atoms with Crippen LogP contribution in [-0.2, 0) is 14.3 Å². The molecule has 0 amide bonds. The van der Waals surface area contributed by atoms with Crippen molar-refractivity contribution in [2.75, 3.05) is 32.7 Å². The van der Waals surface area contributed by atoms with Gasteiger partial charge in [0.15, 0.2) is 11.6 Å². The maximum Gasteiger partial charge on any atom is 0.162 e. The summed E-state index contributed by atoms with van der Waals surface area (Å²) in [5.74, 6) is 2.02. The highest BCUT2D eigenvalue weighted by atomic mass is 16.5. The Bertz CT molecular complexity index is 1020. The Hall–Kier alpha value is -2.20. The second-order valence-electron chi connectivity index (χ2n) is 11.1. The number of ketones is 2. The van der Waals surface area contributed by atoms with E-state index in [1.807, 2.05) is 6.08 Å². The molecule has 2 fully saturated rings. The summed E-state index contributed by atoms with van der Waals surface area (Å²) in [6.45, 7) is 2.62. The van der Waals surface area contributed by atoms with Crippen LogP contribution < -0.4 is 4.90 Å². The largest absolute Gasteiger partial charge is 0.378 e. The first-order chi connectivity index (χ1) is 15.8. The van der Waals surface area contributed by atoms with Crippen LogP contribution in [0.2, 0.25) is 0 Å². The number of nitrogens with zero attached hydrogens (tertiary/aromatic N) is 1. The number of benzene rings is 1. The number of carbonyl (C=O) groups is 2. The number of fused-ring (bicyclic) bond motifs is 4. The summed E-state index contributed by atoms with van der Waals surface area (Å²) in [6, 6.07) is 9.02. The third-order valence-electron chi connectivity index (χ3n) is 9.22. The van der Waals surface area contributed by atoms with Crippen LogP contribution >= 0.6 is 0 Å². The molecule has 33 heavy (non-hydrogen) atoms. The highest BCUT2D eigenvalue weighted by molar-refractivity contribution is 5.93. The fraction of sp³-hybridized carbons (Fsp3) is 0.586. The van der Waals surface area contributed by atoms with Gasteiger partial charge < -0.3 is 9.64 Å². The van der Waals surface area contributed by atoms with E-state index in [-0.39, 0.29) is 29.5 Å². The van der Waals surface area contributed by atoms with Crippen LogP contribution in [0.1, 0.15) is 63.4 Å². The molecule has 0 radical (unpaired) electrons. The summed E-state index contributed by atoms with van der Waals surface area (Å²) < 4.78 is 5.27. The molecule has 0 unspecified atom stereocenters. The van der Waals surface area contributed by atoms with Crippen molar-refractivity contribution in [3.8, 4) is 0 Å². The Labute approximate surface area is 198 Å². The highest BCUT2D eigenvalue weighted by Crippen LogP contribution is 2.65. The standard InChI is InChI=1S/C29H37NO3/c1-29-16-24(18-5-8-20(9-6-18)30(2)3)28-22-12-10-21(31)15-19(22)7-11-23(28)25(29)13-14-26(29)27(32)17-33-4/h5-6,8-9,15,23-26H,7,10-14,16-17H2,1-4H3/t23-,24+,25-,26+,29-/m0/s1. The number of carbonyl (C=O) groups excluding carboxylic acids is 2. The lowest BCUT2D eigenvalue weighted by Crippen LogP contribution is -2.45. The molecule has 4 aliphatic rings. The summed E-state index contributed by atoms with van der Waals surface area (Å²) in [7, 11) is 5.78. The van der Waals surface area contributed by atoms with Crippen LogP contribution in [0.25, 0.3) is 0 Å². The van der Waals surface area contributed by atoms with E-state index < -0.39 is 0 Å². The summed E-state index contributed by atoms with van der Waals surface area (Å²) in [6.07, 6.45) is 8.69. The fourth-order valence-corrected chi connectivity index (χ4v) is 7.73. The molecule has 0 saturated heterocycles. The van der Waals surface area contributed by atoms with Gasteiger partial charge in [-0.05, 0) is 90.7 Å². The zero-order valence-electron chi connectivity index (χ0n) is 20.5. The lowest BCUT2D eigenvalue weighted by atomic mass is 9.51. The van der Waals surface area contributed by atoms with Gasteiger partial charge in [0.25, 0.3) is 0 Å². The zero-order valence-corrected chi connectivity index (χ0v) is 20.5. The molecule has 5 rings (SSSR count). The van der Waals surface area contributed by atoms with E-state index in [2.05, 4.69) is 50.2 Å². The lowest BCUT2D eigenvalue weighted by Gasteiger charge is -2.52. The summed E-state index contributed by atoms with van der Waals surface area (Å²) in [4.78, 5) is 27.4. The number of methoxy groups -OCH3 is 1. The lowest BCUT2D eigenvalue weighted by molar-refractivity contribution is -0.131. The van der Waals surface area contributed by atoms with Crippen LogP contribution in [-0.4, -0.2) is 39.4 Å². The van der Waals surface area contributed by atoms with E-state index in [9.17, 15) is 9.59 Å². The van der Waals surface area contributed by atoms with Gasteiger partial charge in [-0.25, -0.2) is 0 Å². The van der Waals surface area contributed by atoms with Crippen molar-refractivity contribution < 1.29 is 14.3 Å². The molecular weight excluding hydrogens is 410 g/mol. The molecule has 2 saturated carbocycles. The zero-order chi connectivity index (χ0) is 23.3. The number of ether oxygens (including phenoxy) is 1. The van der Waals surface area contributed by atoms with Crippen molar-refractivity contribution in [1.82, 2.24) is 0 Å². The van der Waals surface area contributed by atoms with Gasteiger partial charge >= 0.3 is 0 Å². The van der Waals surface area contributed by atoms with Crippen molar-refractivity contribution >= 4 is 17.3 Å². The molecule has 4 heteroatoms. The molecule has 0 N–H and O–H groups in total. The molecule has 0 bridgehead atoms. The second-order valence-corrected chi connectivity index (χ2v) is 11.1. The minimum atomic E-state index is 0.000923. The summed E-state index contributed by atoms with van der Waals surface area (Å²) >= 11 is 0. The average molecular weight is 448 g/mol. The predicted octanol–water partition coefficient (Wildman–Crippen LogP) is 5.48. The normalized spacial score (nSPS) is 33.2. The Kier molecular flexibility index (Phi) is 5.84. The van der Waals surface area contributed by atoms with Crippen LogP contribution in [0.15, 0.2) is 47.1 Å². The molecule has 1 aromatic rings. The monoisotopic (exact) mass is 447 g/mol. The van der Waals surface area contributed by atoms with Gasteiger partial charge in [0.05, 0.1) is 0 Å². The minimum absolute atomic E-state index is 0.000923. The van der Waals surface area contributed by atoms with Gasteiger partial charge in [-0.1, -0.05) is 24.6 Å². The van der Waals surface area contributed by atoms with E-state index in [0.717, 1.165) is 38.5 Å². The quantitative estimate of drug-likeness (QED) is 0.599. The van der Waals surface area contributed by atoms with Crippen molar-refractivity contribution in [3.63, 3.8) is 0 Å². The van der Waals surface area contributed by atoms with Crippen molar-refractivity contribution in [1.29, 1.82) is 0 Å². The van der Waals surface area contributed by atoms with Gasteiger partial charge in [-0.15, -0.1) is 0 Å². The molecular formula is C29H37NO3. The third kappa shape index (κ3) is 3.71. The SMILES string of the molecule is COCC(=O)[C@H]1CC[C@H]2[C@@H]3CCC4=CC(=O)CCC4=C3[C@@H](c3ccc(N(C)C)cc3)C[C@]12C. The van der Waals surface area contributed by atoms with Gasteiger partial charge in [0, 0.05) is 45.1 Å². The molecule has 1 aromatic carbocycles. The third-order valence-corrected chi connectivity index (χ3v) is 9.22. The Morgan fingerprint density at radius 3 is 2.55 bits per heavy atom. The predicted molar refractivity (Wildman–Crippen MR) is 131 cm³/mol. The van der Waals surface area contributed by atoms with Crippen molar-refractivity contribution in [3.05, 3.63) is 52.6 Å². The maximum atomic E-state index is 13.1. The molecule has 5 atom stereocenters. The van der Waals surface area contributed by atoms with Crippen LogP contribution in [0.4, 0.5) is 5.69 Å². The molecule has 0 spiro atoms. The van der Waals surface area contributed by atoms with E-state index in [1.165, 1.54) is 22.4 Å². The van der Waals surface area contributed by atoms with Crippen LogP contribution in [0.3, 0.4) is 0 Å². The maximum absolute atomic E-state index is 13.1. The molecule has 0 aromatic heterocycles. The summed E-state index contributed by atoms with van der Waals surface area (Å²) in [5, 5.41) is 0. The van der Waals surface area contributed by atoms with Crippen molar-refractivity contribution in [2.24, 2.45) is 23.2 Å². The van der Waals surface area contributed by atoms with Crippen LogP contribution in [0, 0.1) is 23.2 Å². The van der Waals surface area contributed by atoms with E-state index in [1.54, 1.807) is 12.7 Å². The van der Waals surface area contributed by atoms with Gasteiger partial charge in [0.1, 0.15) is 6.61 Å². The van der Waals surface area contributed by atoms with E-state index in [4.69, 9.17) is 4.74 Å². The number of Topliss-reactive ketones (excluding diaryl/α,β-unsaturated/α-hetero) is 1. The summed E-state index contributed by atoms with van der Waals surface area (Å²) in [5.41, 5.74) is 6.92. The Morgan fingerprint density at radius 1 is 1.09 bits per heavy atom.